The quantitative estimate of drug-likeness (QED) is 0.434. The molecule has 0 spiro atoms. The van der Waals surface area contributed by atoms with E-state index in [1.807, 2.05) is 0 Å². The van der Waals surface area contributed by atoms with Crippen LogP contribution in [0.3, 0.4) is 0 Å². The molecule has 0 aromatic heterocycles. The Morgan fingerprint density at radius 2 is 1.52 bits per heavy atom. The largest absolute Gasteiger partial charge is 0.207 e. The van der Waals surface area contributed by atoms with E-state index in [4.69, 9.17) is 0 Å². The van der Waals surface area contributed by atoms with Crippen LogP contribution in [0.5, 0.6) is 0 Å². The lowest BCUT2D eigenvalue weighted by Crippen LogP contribution is -2.13. The van der Waals surface area contributed by atoms with Crippen LogP contribution in [-0.2, 0) is 0 Å². The van der Waals surface area contributed by atoms with E-state index in [9.17, 15) is 13.2 Å². The fourth-order valence-electron chi connectivity index (χ4n) is 4.85. The number of hydrogen-bond acceptors (Lipinski definition) is 0. The zero-order chi connectivity index (χ0) is 21.0. The molecular formula is C26H33F3. The molecule has 0 N–H and O–H groups in total. The predicted molar refractivity (Wildman–Crippen MR) is 115 cm³/mol. The fraction of sp³-hybridized carbons (Fsp3) is 0.538. The average Bonchev–Trinajstić information content (AvgIpc) is 2.71. The van der Waals surface area contributed by atoms with Gasteiger partial charge in [-0.2, -0.15) is 0 Å². The molecule has 0 radical (unpaired) electrons. The zero-order valence-electron chi connectivity index (χ0n) is 17.9. The molecule has 0 aliphatic heterocycles. The minimum atomic E-state index is -0.855. The second-order valence-electron chi connectivity index (χ2n) is 8.80. The predicted octanol–water partition coefficient (Wildman–Crippen LogP) is 8.75. The van der Waals surface area contributed by atoms with E-state index >= 15 is 0 Å². The van der Waals surface area contributed by atoms with Gasteiger partial charge in [0.05, 0.1) is 0 Å². The van der Waals surface area contributed by atoms with Crippen LogP contribution in [0, 0.1) is 23.4 Å². The summed E-state index contributed by atoms with van der Waals surface area (Å²) in [6, 6.07) is 8.19. The van der Waals surface area contributed by atoms with Gasteiger partial charge in [-0.25, -0.2) is 13.2 Å². The molecule has 0 heterocycles. The third-order valence-electron chi connectivity index (χ3n) is 6.59. The normalized spacial score (nSPS) is 19.7. The molecule has 2 aromatic carbocycles. The van der Waals surface area contributed by atoms with Crippen LogP contribution in [0.15, 0.2) is 30.3 Å². The zero-order valence-corrected chi connectivity index (χ0v) is 17.9. The van der Waals surface area contributed by atoms with Crippen LogP contribution < -0.4 is 0 Å². The molecule has 29 heavy (non-hydrogen) atoms. The molecule has 1 fully saturated rings. The summed E-state index contributed by atoms with van der Waals surface area (Å²) in [7, 11) is 0. The molecule has 2 aromatic rings. The molecule has 0 unspecified atom stereocenters. The lowest BCUT2D eigenvalue weighted by atomic mass is 9.79. The van der Waals surface area contributed by atoms with Gasteiger partial charge in [0.15, 0.2) is 11.6 Å². The molecule has 0 atom stereocenters. The summed E-state index contributed by atoms with van der Waals surface area (Å²) >= 11 is 0. The highest BCUT2D eigenvalue weighted by molar-refractivity contribution is 5.65. The lowest BCUT2D eigenvalue weighted by molar-refractivity contribution is 0.339. The molecule has 3 rings (SSSR count). The molecule has 0 nitrogen and oxygen atoms in total. The van der Waals surface area contributed by atoms with Gasteiger partial charge in [0, 0.05) is 5.56 Å². The second-order valence-corrected chi connectivity index (χ2v) is 8.80. The van der Waals surface area contributed by atoms with Crippen molar-refractivity contribution in [3.63, 3.8) is 0 Å². The van der Waals surface area contributed by atoms with Crippen molar-refractivity contribution >= 4 is 0 Å². The Morgan fingerprint density at radius 1 is 0.862 bits per heavy atom. The Kier molecular flexibility index (Phi) is 7.43. The van der Waals surface area contributed by atoms with Gasteiger partial charge in [0.1, 0.15) is 5.82 Å². The van der Waals surface area contributed by atoms with Crippen molar-refractivity contribution < 1.29 is 13.2 Å². The maximum atomic E-state index is 14.9. The molecule has 3 heteroatoms. The van der Waals surface area contributed by atoms with Crippen molar-refractivity contribution in [3.8, 4) is 11.1 Å². The number of hydrogen-bond donors (Lipinski definition) is 0. The van der Waals surface area contributed by atoms with E-state index in [2.05, 4.69) is 20.8 Å². The van der Waals surface area contributed by atoms with Gasteiger partial charge in [-0.05, 0) is 66.2 Å². The van der Waals surface area contributed by atoms with Gasteiger partial charge in [0.25, 0.3) is 0 Å². The topological polar surface area (TPSA) is 0 Å². The fourth-order valence-corrected chi connectivity index (χ4v) is 4.85. The Bertz CT molecular complexity index is 813. The SMILES string of the molecule is CCCC(CCC)c1ccc(-c2ccc(C3CCC(C)CC3)c(F)c2F)cc1F. The molecule has 0 bridgehead atoms. The van der Waals surface area contributed by atoms with Crippen LogP contribution in [0.2, 0.25) is 0 Å². The van der Waals surface area contributed by atoms with Crippen molar-refractivity contribution in [3.05, 3.63) is 58.9 Å². The van der Waals surface area contributed by atoms with E-state index in [0.717, 1.165) is 51.4 Å². The summed E-state index contributed by atoms with van der Waals surface area (Å²) in [5, 5.41) is 0. The molecule has 0 amide bonds. The van der Waals surface area contributed by atoms with E-state index in [1.54, 1.807) is 24.3 Å². The Balaban J connectivity index is 1.89. The number of halogens is 3. The molecule has 0 saturated heterocycles. The third-order valence-corrected chi connectivity index (χ3v) is 6.59. The minimum Gasteiger partial charge on any atom is -0.207 e. The summed E-state index contributed by atoms with van der Waals surface area (Å²) in [6.07, 6.45) is 7.75. The number of rotatable bonds is 7. The van der Waals surface area contributed by atoms with Crippen LogP contribution in [0.4, 0.5) is 13.2 Å². The summed E-state index contributed by atoms with van der Waals surface area (Å²) < 4.78 is 44.6. The standard InChI is InChI=1S/C26H33F3/c1-4-6-18(7-5-2)21-13-12-20(16-24(21)27)23-15-14-22(25(28)26(23)29)19-10-8-17(3)9-11-19/h12-19H,4-11H2,1-3H3. The minimum absolute atomic E-state index is 0.0812. The van der Waals surface area contributed by atoms with E-state index in [0.29, 0.717) is 22.6 Å². The highest BCUT2D eigenvalue weighted by Crippen LogP contribution is 2.39. The highest BCUT2D eigenvalue weighted by Gasteiger charge is 2.25. The van der Waals surface area contributed by atoms with Crippen molar-refractivity contribution in [1.82, 2.24) is 0 Å². The molecule has 158 valence electrons. The average molecular weight is 403 g/mol. The van der Waals surface area contributed by atoms with Gasteiger partial charge in [0.2, 0.25) is 0 Å². The first kappa shape index (κ1) is 21.9. The third kappa shape index (κ3) is 4.87. The molecule has 1 aliphatic rings. The van der Waals surface area contributed by atoms with E-state index < -0.39 is 11.6 Å². The second kappa shape index (κ2) is 9.82. The van der Waals surface area contributed by atoms with Gasteiger partial charge in [-0.15, -0.1) is 0 Å². The first-order chi connectivity index (χ1) is 14.0. The molecular weight excluding hydrogens is 369 g/mol. The van der Waals surface area contributed by atoms with Crippen LogP contribution in [0.25, 0.3) is 11.1 Å². The molecule has 1 aliphatic carbocycles. The van der Waals surface area contributed by atoms with Gasteiger partial charge in [-0.1, -0.05) is 70.7 Å². The molecule has 1 saturated carbocycles. The maximum Gasteiger partial charge on any atom is 0.166 e. The maximum absolute atomic E-state index is 14.9. The summed E-state index contributed by atoms with van der Waals surface area (Å²) in [6.45, 7) is 6.41. The number of benzene rings is 2. The van der Waals surface area contributed by atoms with Crippen molar-refractivity contribution in [2.24, 2.45) is 5.92 Å². The van der Waals surface area contributed by atoms with Crippen LogP contribution in [-0.4, -0.2) is 0 Å². The van der Waals surface area contributed by atoms with E-state index in [1.165, 1.54) is 6.07 Å². The highest BCUT2D eigenvalue weighted by atomic mass is 19.2. The van der Waals surface area contributed by atoms with E-state index in [-0.39, 0.29) is 23.2 Å². The Morgan fingerprint density at radius 3 is 2.10 bits per heavy atom. The van der Waals surface area contributed by atoms with Crippen LogP contribution >= 0.6 is 0 Å². The lowest BCUT2D eigenvalue weighted by Gasteiger charge is -2.27. The summed E-state index contributed by atoms with van der Waals surface area (Å²) in [5.74, 6) is -1.02. The van der Waals surface area contributed by atoms with Gasteiger partial charge in [-0.3, -0.25) is 0 Å². The Hall–Kier alpha value is -1.77. The summed E-state index contributed by atoms with van der Waals surface area (Å²) in [4.78, 5) is 0. The summed E-state index contributed by atoms with van der Waals surface area (Å²) in [5.41, 5.74) is 1.70. The first-order valence-electron chi connectivity index (χ1n) is 11.2. The van der Waals surface area contributed by atoms with Gasteiger partial charge >= 0.3 is 0 Å². The van der Waals surface area contributed by atoms with Crippen molar-refractivity contribution in [2.45, 2.75) is 84.0 Å². The van der Waals surface area contributed by atoms with Crippen molar-refractivity contribution in [2.75, 3.05) is 0 Å². The van der Waals surface area contributed by atoms with Crippen molar-refractivity contribution in [1.29, 1.82) is 0 Å². The van der Waals surface area contributed by atoms with Crippen LogP contribution in [0.1, 0.15) is 95.1 Å². The Labute approximate surface area is 173 Å². The smallest absolute Gasteiger partial charge is 0.166 e. The monoisotopic (exact) mass is 402 g/mol. The first-order valence-corrected chi connectivity index (χ1v) is 11.2. The van der Waals surface area contributed by atoms with Gasteiger partial charge < -0.3 is 0 Å².